The van der Waals surface area contributed by atoms with Gasteiger partial charge in [-0.2, -0.15) is 0 Å². The number of methoxy groups -OCH3 is 1. The minimum atomic E-state index is -3.50. The molecule has 2 fully saturated rings. The Kier molecular flexibility index (Phi) is 9.25. The maximum absolute atomic E-state index is 14.3. The Bertz CT molecular complexity index is 1740. The quantitative estimate of drug-likeness (QED) is 0.406. The van der Waals surface area contributed by atoms with Crippen LogP contribution >= 0.6 is 11.6 Å². The lowest BCUT2D eigenvalue weighted by Gasteiger charge is -2.46. The van der Waals surface area contributed by atoms with Gasteiger partial charge in [-0.1, -0.05) is 36.7 Å². The molecule has 1 spiro atoms. The van der Waals surface area contributed by atoms with Gasteiger partial charge < -0.3 is 24.4 Å². The van der Waals surface area contributed by atoms with Crippen LogP contribution in [0.4, 0.5) is 10.5 Å². The summed E-state index contributed by atoms with van der Waals surface area (Å²) in [6, 6.07) is 10.9. The van der Waals surface area contributed by atoms with Crippen LogP contribution in [-0.2, 0) is 26.5 Å². The maximum Gasteiger partial charge on any atom is 0.330 e. The highest BCUT2D eigenvalue weighted by molar-refractivity contribution is 7.92. The Labute approximate surface area is 288 Å². The molecule has 1 unspecified atom stereocenters. The van der Waals surface area contributed by atoms with Crippen molar-refractivity contribution >= 4 is 39.1 Å². The third kappa shape index (κ3) is 6.58. The third-order valence-electron chi connectivity index (χ3n) is 10.9. The van der Waals surface area contributed by atoms with Crippen molar-refractivity contribution in [1.82, 2.24) is 9.62 Å². The molecule has 2 bridgehead atoms. The first-order valence-electron chi connectivity index (χ1n) is 17.1. The van der Waals surface area contributed by atoms with Gasteiger partial charge in [0.25, 0.3) is 5.91 Å². The largest absolute Gasteiger partial charge is 0.490 e. The van der Waals surface area contributed by atoms with Gasteiger partial charge in [-0.3, -0.25) is 9.52 Å². The normalized spacial score (nSPS) is 32.8. The van der Waals surface area contributed by atoms with Gasteiger partial charge in [0.1, 0.15) is 15.7 Å². The summed E-state index contributed by atoms with van der Waals surface area (Å²) in [4.78, 5) is 30.6. The molecular weight excluding hydrogens is 652 g/mol. The van der Waals surface area contributed by atoms with E-state index in [0.717, 1.165) is 49.4 Å². The molecule has 2 aliphatic carbocycles. The van der Waals surface area contributed by atoms with Crippen LogP contribution in [0.15, 0.2) is 52.9 Å². The number of fused-ring (bicyclic) bond motifs is 4. The number of carbonyl (C=O) groups is 2. The predicted octanol–water partition coefficient (Wildman–Crippen LogP) is 5.36. The predicted molar refractivity (Wildman–Crippen MR) is 186 cm³/mol. The van der Waals surface area contributed by atoms with Gasteiger partial charge in [0.15, 0.2) is 0 Å². The number of nitrogens with zero attached hydrogens (tertiary/aromatic N) is 3. The molecule has 3 amide bonds. The average molecular weight is 697 g/mol. The second-order valence-electron chi connectivity index (χ2n) is 14.4. The molecule has 2 N–H and O–H groups in total. The molecule has 12 heteroatoms. The van der Waals surface area contributed by atoms with E-state index in [0.29, 0.717) is 37.2 Å². The Morgan fingerprint density at radius 1 is 1.19 bits per heavy atom. The number of allylic oxidation sites excluding steroid dienone is 1. The number of aryl methyl sites for hydroxylation is 1. The van der Waals surface area contributed by atoms with Crippen LogP contribution in [0.25, 0.3) is 0 Å². The molecule has 7 rings (SSSR count). The van der Waals surface area contributed by atoms with E-state index in [9.17, 15) is 18.9 Å². The second kappa shape index (κ2) is 13.3. The standard InChI is InChI=1S/C36H45ClN4O6S/c1-23-5-3-7-32(46-2)29-11-8-26(29)17-41-21-36(14-4-6-24-15-27(37)10-12-30(24)36)22-47-33-13-9-25(16-31(33)41)34(43)38-48(45,20-23)39-35(44)40-18-28(42)19-40/h3,7,9-10,12-13,15-16,23,26,28-29,32,42H,4-6,8,11,14,17-22H2,1-2H3,(H,38,39,43,44,45)/b7-3-/t23-,26-,29+,32-,36-,48?/m0/s1. The summed E-state index contributed by atoms with van der Waals surface area (Å²) in [5.41, 5.74) is 3.37. The van der Waals surface area contributed by atoms with Gasteiger partial charge >= 0.3 is 6.03 Å². The number of likely N-dealkylation sites (tertiary alicyclic amines) is 1. The van der Waals surface area contributed by atoms with Crippen LogP contribution in [0.1, 0.15) is 60.5 Å². The summed E-state index contributed by atoms with van der Waals surface area (Å²) in [5.74, 6) is 0.629. The van der Waals surface area contributed by atoms with Crippen molar-refractivity contribution < 1.29 is 28.4 Å². The van der Waals surface area contributed by atoms with Crippen LogP contribution in [0, 0.1) is 17.8 Å². The van der Waals surface area contributed by atoms with Crippen molar-refractivity contribution in [3.05, 3.63) is 70.3 Å². The van der Waals surface area contributed by atoms with E-state index in [2.05, 4.69) is 38.3 Å². The van der Waals surface area contributed by atoms with Crippen molar-refractivity contribution in [2.75, 3.05) is 50.5 Å². The Hall–Kier alpha value is -3.12. The van der Waals surface area contributed by atoms with E-state index >= 15 is 0 Å². The zero-order valence-corrected chi connectivity index (χ0v) is 29.2. The number of amides is 3. The van der Waals surface area contributed by atoms with Gasteiger partial charge in [0, 0.05) is 36.2 Å². The summed E-state index contributed by atoms with van der Waals surface area (Å²) in [6.45, 7) is 4.22. The van der Waals surface area contributed by atoms with Gasteiger partial charge in [-0.05, 0) is 97.7 Å². The number of urea groups is 1. The van der Waals surface area contributed by atoms with E-state index < -0.39 is 28.0 Å². The summed E-state index contributed by atoms with van der Waals surface area (Å²) in [6.07, 6.45) is 9.23. The molecule has 1 saturated carbocycles. The SMILES string of the molecule is CO[C@H]1/C=C\C[C@H](C)CS(=O)(NC(=O)N2CC(O)C2)=NC(=O)c2ccc3c(c2)N(C[C@@H]2CC[C@H]21)C[C@@]1(CCCc2cc(Cl)ccc21)CO3. The van der Waals surface area contributed by atoms with E-state index in [4.69, 9.17) is 21.1 Å². The third-order valence-corrected chi connectivity index (χ3v) is 13.1. The number of aliphatic hydroxyl groups excluding tert-OH is 1. The van der Waals surface area contributed by atoms with E-state index in [1.807, 2.05) is 25.1 Å². The molecule has 2 aromatic carbocycles. The van der Waals surface area contributed by atoms with Crippen LogP contribution in [-0.4, -0.2) is 84.0 Å². The molecule has 3 aliphatic heterocycles. The van der Waals surface area contributed by atoms with Crippen LogP contribution in [0.3, 0.4) is 0 Å². The number of carbonyl (C=O) groups excluding carboxylic acids is 2. The number of halogens is 1. The molecule has 2 aromatic rings. The zero-order chi connectivity index (χ0) is 33.6. The van der Waals surface area contributed by atoms with E-state index in [1.165, 1.54) is 16.0 Å². The lowest BCUT2D eigenvalue weighted by atomic mass is 9.68. The number of rotatable bonds is 2. The van der Waals surface area contributed by atoms with Gasteiger partial charge in [-0.25, -0.2) is 9.00 Å². The molecular formula is C36H45ClN4O6S. The summed E-state index contributed by atoms with van der Waals surface area (Å²) in [5, 5.41) is 10.4. The first-order valence-corrected chi connectivity index (χ1v) is 19.1. The lowest BCUT2D eigenvalue weighted by molar-refractivity contribution is 0.0131. The highest BCUT2D eigenvalue weighted by Crippen LogP contribution is 2.47. The zero-order valence-electron chi connectivity index (χ0n) is 27.6. The number of ether oxygens (including phenoxy) is 2. The van der Waals surface area contributed by atoms with Crippen molar-refractivity contribution in [2.45, 2.75) is 63.1 Å². The van der Waals surface area contributed by atoms with Crippen molar-refractivity contribution in [1.29, 1.82) is 0 Å². The molecule has 0 radical (unpaired) electrons. The van der Waals surface area contributed by atoms with Crippen molar-refractivity contribution in [2.24, 2.45) is 22.1 Å². The van der Waals surface area contributed by atoms with E-state index in [1.54, 1.807) is 13.2 Å². The fourth-order valence-electron chi connectivity index (χ4n) is 8.19. The highest BCUT2D eigenvalue weighted by atomic mass is 35.5. The van der Waals surface area contributed by atoms with Crippen LogP contribution in [0.2, 0.25) is 5.02 Å². The fourth-order valence-corrected chi connectivity index (χ4v) is 10.3. The van der Waals surface area contributed by atoms with E-state index in [-0.39, 0.29) is 41.8 Å². The molecule has 48 heavy (non-hydrogen) atoms. The first-order chi connectivity index (χ1) is 23.0. The Morgan fingerprint density at radius 3 is 2.77 bits per heavy atom. The minimum Gasteiger partial charge on any atom is -0.490 e. The number of hydrogen-bond acceptors (Lipinski definition) is 7. The fraction of sp³-hybridized carbons (Fsp3) is 0.556. The van der Waals surface area contributed by atoms with Crippen LogP contribution in [0.5, 0.6) is 5.75 Å². The summed E-state index contributed by atoms with van der Waals surface area (Å²) >= 11 is 6.44. The number of nitrogens with one attached hydrogen (secondary N) is 1. The smallest absolute Gasteiger partial charge is 0.330 e. The number of hydrogen-bond donors (Lipinski definition) is 2. The molecule has 5 aliphatic rings. The monoisotopic (exact) mass is 696 g/mol. The summed E-state index contributed by atoms with van der Waals surface area (Å²) in [7, 11) is -1.74. The molecule has 0 aromatic heterocycles. The minimum absolute atomic E-state index is 0.00103. The number of benzene rings is 2. The van der Waals surface area contributed by atoms with Gasteiger partial charge in [0.2, 0.25) is 0 Å². The Morgan fingerprint density at radius 2 is 2.02 bits per heavy atom. The average Bonchev–Trinajstić information content (AvgIpc) is 3.17. The molecule has 1 saturated heterocycles. The van der Waals surface area contributed by atoms with Crippen molar-refractivity contribution in [3.63, 3.8) is 0 Å². The van der Waals surface area contributed by atoms with Crippen LogP contribution < -0.4 is 14.4 Å². The number of anilines is 1. The summed E-state index contributed by atoms with van der Waals surface area (Å²) < 4.78 is 33.7. The van der Waals surface area contributed by atoms with Gasteiger partial charge in [-0.15, -0.1) is 4.36 Å². The first kappa shape index (κ1) is 33.4. The second-order valence-corrected chi connectivity index (χ2v) is 16.9. The lowest BCUT2D eigenvalue weighted by Crippen LogP contribution is -2.57. The Balaban J connectivity index is 1.29. The molecule has 3 heterocycles. The number of β-amino-alcohol motifs (C(OH)–C–C–N with tert-alkyl or cyclic N) is 1. The molecule has 10 nitrogen and oxygen atoms in total. The number of aliphatic hydroxyl groups is 1. The molecule has 6 atom stereocenters. The molecule has 258 valence electrons. The van der Waals surface area contributed by atoms with Crippen molar-refractivity contribution in [3.8, 4) is 5.75 Å². The van der Waals surface area contributed by atoms with Gasteiger partial charge in [0.05, 0.1) is 43.3 Å². The maximum atomic E-state index is 14.3. The highest BCUT2D eigenvalue weighted by Gasteiger charge is 2.44. The topological polar surface area (TPSA) is 121 Å².